The zero-order chi connectivity index (χ0) is 11.4. The second-order valence-electron chi connectivity index (χ2n) is 3.21. The normalized spacial score (nSPS) is 10.1. The number of para-hydroxylation sites is 2. The van der Waals surface area contributed by atoms with E-state index < -0.39 is 0 Å². The fourth-order valence-electron chi connectivity index (χ4n) is 1.26. The zero-order valence-electron chi connectivity index (χ0n) is 8.43. The minimum Gasteiger partial charge on any atom is -0.504 e. The molecule has 1 aromatic carbocycles. The molecule has 0 aliphatic heterocycles. The fraction of sp³-hybridized carbons (Fsp3) is 0.0833. The molecule has 0 saturated heterocycles. The summed E-state index contributed by atoms with van der Waals surface area (Å²) < 4.78 is 6.24. The summed E-state index contributed by atoms with van der Waals surface area (Å²) in [5.74, 6) is 0.612. The van der Waals surface area contributed by atoms with E-state index in [0.29, 0.717) is 12.4 Å². The van der Waals surface area contributed by atoms with Gasteiger partial charge in [-0.15, -0.1) is 0 Å². The second-order valence-corrected chi connectivity index (χ2v) is 3.96. The summed E-state index contributed by atoms with van der Waals surface area (Å²) in [5.41, 5.74) is 0.936. The Balaban J connectivity index is 2.09. The summed E-state index contributed by atoms with van der Waals surface area (Å²) in [5, 5.41) is 9.51. The van der Waals surface area contributed by atoms with Crippen LogP contribution in [0.2, 0.25) is 0 Å². The average Bonchev–Trinajstić information content (AvgIpc) is 2.30. The predicted octanol–water partition coefficient (Wildman–Crippen LogP) is 3.13. The van der Waals surface area contributed by atoms with E-state index >= 15 is 0 Å². The molecule has 0 saturated carbocycles. The standard InChI is InChI=1S/C12H10BrNO2/c13-12-9(4-3-7-14-12)8-16-11-6-2-1-5-10(11)15/h1-7,15H,8H2. The van der Waals surface area contributed by atoms with E-state index in [9.17, 15) is 5.11 Å². The Labute approximate surface area is 102 Å². The quantitative estimate of drug-likeness (QED) is 0.878. The Morgan fingerprint density at radius 2 is 2.00 bits per heavy atom. The molecule has 1 N–H and O–H groups in total. The van der Waals surface area contributed by atoms with Crippen LogP contribution in [0, 0.1) is 0 Å². The maximum absolute atomic E-state index is 9.51. The molecule has 0 unspecified atom stereocenters. The summed E-state index contributed by atoms with van der Waals surface area (Å²) in [6.45, 7) is 0.367. The SMILES string of the molecule is Oc1ccccc1OCc1cccnc1Br. The molecule has 0 atom stereocenters. The van der Waals surface area contributed by atoms with Gasteiger partial charge in [0.2, 0.25) is 0 Å². The molecule has 0 spiro atoms. The minimum atomic E-state index is 0.141. The van der Waals surface area contributed by atoms with Gasteiger partial charge in [0.25, 0.3) is 0 Å². The Bertz CT molecular complexity index is 442. The summed E-state index contributed by atoms with van der Waals surface area (Å²) in [6, 6.07) is 10.6. The van der Waals surface area contributed by atoms with Gasteiger partial charge in [-0.05, 0) is 34.1 Å². The number of hydrogen-bond donors (Lipinski definition) is 1. The van der Waals surface area contributed by atoms with Gasteiger partial charge in [0.05, 0.1) is 0 Å². The van der Waals surface area contributed by atoms with E-state index in [1.807, 2.05) is 18.2 Å². The van der Waals surface area contributed by atoms with Crippen molar-refractivity contribution in [1.29, 1.82) is 0 Å². The molecule has 0 amide bonds. The van der Waals surface area contributed by atoms with Crippen LogP contribution < -0.4 is 4.74 Å². The molecular weight excluding hydrogens is 270 g/mol. The average molecular weight is 280 g/mol. The molecule has 2 rings (SSSR count). The maximum Gasteiger partial charge on any atom is 0.161 e. The molecule has 0 radical (unpaired) electrons. The van der Waals surface area contributed by atoms with Gasteiger partial charge in [-0.2, -0.15) is 0 Å². The van der Waals surface area contributed by atoms with Gasteiger partial charge in [0.15, 0.2) is 11.5 Å². The van der Waals surface area contributed by atoms with Crippen molar-refractivity contribution in [2.75, 3.05) is 0 Å². The topological polar surface area (TPSA) is 42.4 Å². The Morgan fingerprint density at radius 1 is 1.19 bits per heavy atom. The van der Waals surface area contributed by atoms with Crippen molar-refractivity contribution in [2.24, 2.45) is 0 Å². The first-order chi connectivity index (χ1) is 7.77. The van der Waals surface area contributed by atoms with E-state index in [-0.39, 0.29) is 5.75 Å². The highest BCUT2D eigenvalue weighted by Crippen LogP contribution is 2.26. The maximum atomic E-state index is 9.51. The smallest absolute Gasteiger partial charge is 0.161 e. The van der Waals surface area contributed by atoms with Crippen molar-refractivity contribution in [3.8, 4) is 11.5 Å². The molecule has 1 aromatic heterocycles. The zero-order valence-corrected chi connectivity index (χ0v) is 10.0. The molecule has 0 aliphatic rings. The van der Waals surface area contributed by atoms with Crippen molar-refractivity contribution in [3.63, 3.8) is 0 Å². The number of nitrogens with zero attached hydrogens (tertiary/aromatic N) is 1. The first-order valence-corrected chi connectivity index (χ1v) is 5.57. The van der Waals surface area contributed by atoms with Crippen LogP contribution in [0.3, 0.4) is 0 Å². The molecule has 2 aromatic rings. The number of benzene rings is 1. The molecular formula is C12H10BrNO2. The largest absolute Gasteiger partial charge is 0.504 e. The van der Waals surface area contributed by atoms with Crippen molar-refractivity contribution >= 4 is 15.9 Å². The Hall–Kier alpha value is -1.55. The van der Waals surface area contributed by atoms with Gasteiger partial charge in [0.1, 0.15) is 11.2 Å². The van der Waals surface area contributed by atoms with Crippen molar-refractivity contribution < 1.29 is 9.84 Å². The number of aromatic nitrogens is 1. The molecule has 0 fully saturated rings. The van der Waals surface area contributed by atoms with Gasteiger partial charge in [-0.1, -0.05) is 18.2 Å². The van der Waals surface area contributed by atoms with E-state index in [2.05, 4.69) is 20.9 Å². The van der Waals surface area contributed by atoms with Crippen LogP contribution >= 0.6 is 15.9 Å². The predicted molar refractivity (Wildman–Crippen MR) is 64.4 cm³/mol. The molecule has 4 heteroatoms. The number of pyridine rings is 1. The molecule has 82 valence electrons. The van der Waals surface area contributed by atoms with Gasteiger partial charge in [-0.25, -0.2) is 4.98 Å². The number of phenolic OH excluding ortho intramolecular Hbond substituents is 1. The fourth-order valence-corrected chi connectivity index (χ4v) is 1.63. The highest BCUT2D eigenvalue weighted by Gasteiger charge is 2.03. The number of hydrogen-bond acceptors (Lipinski definition) is 3. The number of aromatic hydroxyl groups is 1. The van der Waals surface area contributed by atoms with E-state index in [1.165, 1.54) is 0 Å². The first kappa shape index (κ1) is 11.0. The summed E-state index contributed by atoms with van der Waals surface area (Å²) in [7, 11) is 0. The van der Waals surface area contributed by atoms with Crippen molar-refractivity contribution in [2.45, 2.75) is 6.61 Å². The van der Waals surface area contributed by atoms with E-state index in [0.717, 1.165) is 10.2 Å². The van der Waals surface area contributed by atoms with Gasteiger partial charge >= 0.3 is 0 Å². The third-order valence-electron chi connectivity index (χ3n) is 2.08. The Morgan fingerprint density at radius 3 is 2.75 bits per heavy atom. The summed E-state index contributed by atoms with van der Waals surface area (Å²) >= 11 is 3.33. The lowest BCUT2D eigenvalue weighted by Gasteiger charge is -2.08. The highest BCUT2D eigenvalue weighted by molar-refractivity contribution is 9.10. The molecule has 16 heavy (non-hydrogen) atoms. The van der Waals surface area contributed by atoms with Gasteiger partial charge in [0, 0.05) is 11.8 Å². The second kappa shape index (κ2) is 4.99. The lowest BCUT2D eigenvalue weighted by Crippen LogP contribution is -1.97. The molecule has 1 heterocycles. The number of rotatable bonds is 3. The number of phenols is 1. The van der Waals surface area contributed by atoms with Crippen LogP contribution in [-0.2, 0) is 6.61 Å². The molecule has 3 nitrogen and oxygen atoms in total. The van der Waals surface area contributed by atoms with Crippen LogP contribution in [0.15, 0.2) is 47.2 Å². The lowest BCUT2D eigenvalue weighted by molar-refractivity contribution is 0.288. The van der Waals surface area contributed by atoms with Crippen LogP contribution in [0.5, 0.6) is 11.5 Å². The lowest BCUT2D eigenvalue weighted by atomic mass is 10.3. The van der Waals surface area contributed by atoms with Gasteiger partial charge in [-0.3, -0.25) is 0 Å². The van der Waals surface area contributed by atoms with Crippen molar-refractivity contribution in [1.82, 2.24) is 4.98 Å². The third kappa shape index (κ3) is 2.52. The first-order valence-electron chi connectivity index (χ1n) is 4.77. The summed E-state index contributed by atoms with van der Waals surface area (Å²) in [6.07, 6.45) is 1.70. The van der Waals surface area contributed by atoms with Crippen LogP contribution in [0.4, 0.5) is 0 Å². The monoisotopic (exact) mass is 279 g/mol. The molecule has 0 bridgehead atoms. The van der Waals surface area contributed by atoms with Crippen LogP contribution in [0.25, 0.3) is 0 Å². The van der Waals surface area contributed by atoms with Gasteiger partial charge < -0.3 is 9.84 Å². The number of ether oxygens (including phenoxy) is 1. The van der Waals surface area contributed by atoms with Crippen molar-refractivity contribution in [3.05, 3.63) is 52.8 Å². The third-order valence-corrected chi connectivity index (χ3v) is 2.80. The number of halogens is 1. The summed E-state index contributed by atoms with van der Waals surface area (Å²) in [4.78, 5) is 4.09. The molecule has 0 aliphatic carbocycles. The van der Waals surface area contributed by atoms with Crippen LogP contribution in [0.1, 0.15) is 5.56 Å². The van der Waals surface area contributed by atoms with E-state index in [4.69, 9.17) is 4.74 Å². The van der Waals surface area contributed by atoms with Crippen LogP contribution in [-0.4, -0.2) is 10.1 Å². The Kier molecular flexibility index (Phi) is 3.41. The van der Waals surface area contributed by atoms with E-state index in [1.54, 1.807) is 24.4 Å². The highest BCUT2D eigenvalue weighted by atomic mass is 79.9. The minimum absolute atomic E-state index is 0.141.